The number of hydrogen-bond acceptors (Lipinski definition) is 5. The molecule has 0 radical (unpaired) electrons. The zero-order valence-corrected chi connectivity index (χ0v) is 12.1. The second-order valence-electron chi connectivity index (χ2n) is 5.88. The summed E-state index contributed by atoms with van der Waals surface area (Å²) in [5.41, 5.74) is 6.11. The summed E-state index contributed by atoms with van der Waals surface area (Å²) in [5.74, 6) is 1.59. The second kappa shape index (κ2) is 5.74. The molecular weight excluding hydrogens is 240 g/mol. The van der Waals surface area contributed by atoms with Crippen LogP contribution in [0.2, 0.25) is 0 Å². The normalized spacial score (nSPS) is 18.7. The molecule has 0 amide bonds. The smallest absolute Gasteiger partial charge is 0.218 e. The van der Waals surface area contributed by atoms with Crippen molar-refractivity contribution in [3.05, 3.63) is 12.4 Å². The van der Waals surface area contributed by atoms with Gasteiger partial charge >= 0.3 is 0 Å². The van der Waals surface area contributed by atoms with E-state index in [-0.39, 0.29) is 11.5 Å². The van der Waals surface area contributed by atoms with Crippen molar-refractivity contribution in [2.45, 2.75) is 39.7 Å². The van der Waals surface area contributed by atoms with Crippen molar-refractivity contribution in [2.75, 3.05) is 24.5 Å². The number of piperidine rings is 1. The molecule has 5 heteroatoms. The lowest BCUT2D eigenvalue weighted by atomic mass is 9.80. The third kappa shape index (κ3) is 3.56. The highest BCUT2D eigenvalue weighted by Crippen LogP contribution is 2.31. The highest BCUT2D eigenvalue weighted by Gasteiger charge is 2.29. The fourth-order valence-electron chi connectivity index (χ4n) is 2.29. The molecular formula is C14H24N4O. The van der Waals surface area contributed by atoms with Crippen LogP contribution in [-0.4, -0.2) is 35.7 Å². The first-order valence-corrected chi connectivity index (χ1v) is 6.96. The SMILES string of the molecule is CC(C)Oc1cc(N2CCC(C)(CN)CC2)ncn1. The Morgan fingerprint density at radius 1 is 1.37 bits per heavy atom. The number of hydrogen-bond donors (Lipinski definition) is 1. The van der Waals surface area contributed by atoms with Gasteiger partial charge in [-0.05, 0) is 38.6 Å². The average Bonchev–Trinajstić information content (AvgIpc) is 2.39. The zero-order valence-electron chi connectivity index (χ0n) is 12.1. The summed E-state index contributed by atoms with van der Waals surface area (Å²) in [6.07, 6.45) is 3.91. The van der Waals surface area contributed by atoms with Crippen LogP contribution in [0.4, 0.5) is 5.82 Å². The minimum absolute atomic E-state index is 0.129. The van der Waals surface area contributed by atoms with Crippen LogP contribution < -0.4 is 15.4 Å². The number of anilines is 1. The minimum atomic E-state index is 0.129. The molecule has 0 unspecified atom stereocenters. The lowest BCUT2D eigenvalue weighted by Gasteiger charge is -2.39. The van der Waals surface area contributed by atoms with Crippen molar-refractivity contribution >= 4 is 5.82 Å². The lowest BCUT2D eigenvalue weighted by molar-refractivity contribution is 0.231. The van der Waals surface area contributed by atoms with Crippen molar-refractivity contribution in [3.8, 4) is 5.88 Å². The summed E-state index contributed by atoms with van der Waals surface area (Å²) >= 11 is 0. The molecule has 1 fully saturated rings. The first-order valence-electron chi connectivity index (χ1n) is 6.96. The van der Waals surface area contributed by atoms with E-state index in [2.05, 4.69) is 21.8 Å². The highest BCUT2D eigenvalue weighted by molar-refractivity contribution is 5.41. The van der Waals surface area contributed by atoms with Gasteiger partial charge in [0.25, 0.3) is 0 Å². The van der Waals surface area contributed by atoms with Gasteiger partial charge in [-0.15, -0.1) is 0 Å². The first kappa shape index (κ1) is 14.1. The van der Waals surface area contributed by atoms with Crippen LogP contribution >= 0.6 is 0 Å². The second-order valence-corrected chi connectivity index (χ2v) is 5.88. The number of nitrogens with zero attached hydrogens (tertiary/aromatic N) is 3. The lowest BCUT2D eigenvalue weighted by Crippen LogP contribution is -2.42. The van der Waals surface area contributed by atoms with E-state index in [4.69, 9.17) is 10.5 Å². The molecule has 2 N–H and O–H groups in total. The fraction of sp³-hybridized carbons (Fsp3) is 0.714. The highest BCUT2D eigenvalue weighted by atomic mass is 16.5. The van der Waals surface area contributed by atoms with Gasteiger partial charge in [0.05, 0.1) is 6.10 Å². The summed E-state index contributed by atoms with van der Waals surface area (Å²) < 4.78 is 5.61. The van der Waals surface area contributed by atoms with E-state index in [1.807, 2.05) is 19.9 Å². The molecule has 1 aliphatic rings. The fourth-order valence-corrected chi connectivity index (χ4v) is 2.29. The Balaban J connectivity index is 2.03. The van der Waals surface area contributed by atoms with Gasteiger partial charge in [-0.1, -0.05) is 6.92 Å². The molecule has 2 heterocycles. The maximum Gasteiger partial charge on any atom is 0.218 e. The summed E-state index contributed by atoms with van der Waals surface area (Å²) in [7, 11) is 0. The van der Waals surface area contributed by atoms with Crippen LogP contribution in [0.1, 0.15) is 33.6 Å². The zero-order chi connectivity index (χ0) is 13.9. The van der Waals surface area contributed by atoms with Gasteiger partial charge in [0.2, 0.25) is 5.88 Å². The number of nitrogens with two attached hydrogens (primary N) is 1. The van der Waals surface area contributed by atoms with E-state index in [1.165, 1.54) is 0 Å². The molecule has 1 aromatic rings. The maximum atomic E-state index is 5.84. The van der Waals surface area contributed by atoms with Gasteiger partial charge in [0, 0.05) is 19.2 Å². The van der Waals surface area contributed by atoms with Gasteiger partial charge in [-0.3, -0.25) is 0 Å². The predicted molar refractivity (Wildman–Crippen MR) is 76.4 cm³/mol. The number of rotatable bonds is 4. The van der Waals surface area contributed by atoms with Crippen molar-refractivity contribution < 1.29 is 4.74 Å². The standard InChI is InChI=1S/C14H24N4O/c1-11(2)19-13-8-12(16-10-17-13)18-6-4-14(3,9-15)5-7-18/h8,10-11H,4-7,9,15H2,1-3H3. The van der Waals surface area contributed by atoms with Gasteiger partial charge in [0.1, 0.15) is 12.1 Å². The third-order valence-electron chi connectivity index (χ3n) is 3.77. The molecule has 0 bridgehead atoms. The summed E-state index contributed by atoms with van der Waals surface area (Å²) in [6, 6.07) is 1.92. The van der Waals surface area contributed by atoms with Crippen LogP contribution in [0, 0.1) is 5.41 Å². The summed E-state index contributed by atoms with van der Waals surface area (Å²) in [4.78, 5) is 10.8. The molecule has 0 atom stereocenters. The molecule has 19 heavy (non-hydrogen) atoms. The Bertz CT molecular complexity index is 414. The number of aromatic nitrogens is 2. The monoisotopic (exact) mass is 264 g/mol. The minimum Gasteiger partial charge on any atom is -0.475 e. The van der Waals surface area contributed by atoms with E-state index < -0.39 is 0 Å². The Labute approximate surface area is 115 Å². The average molecular weight is 264 g/mol. The molecule has 0 aromatic carbocycles. The first-order chi connectivity index (χ1) is 9.02. The van der Waals surface area contributed by atoms with Crippen molar-refractivity contribution in [1.29, 1.82) is 0 Å². The van der Waals surface area contributed by atoms with Crippen molar-refractivity contribution in [3.63, 3.8) is 0 Å². The van der Waals surface area contributed by atoms with E-state index in [9.17, 15) is 0 Å². The Hall–Kier alpha value is -1.36. The van der Waals surface area contributed by atoms with Crippen LogP contribution in [-0.2, 0) is 0 Å². The van der Waals surface area contributed by atoms with Crippen molar-refractivity contribution in [1.82, 2.24) is 9.97 Å². The van der Waals surface area contributed by atoms with Gasteiger partial charge in [0.15, 0.2) is 0 Å². The predicted octanol–water partition coefficient (Wildman–Crippen LogP) is 1.83. The van der Waals surface area contributed by atoms with E-state index >= 15 is 0 Å². The van der Waals surface area contributed by atoms with Crippen LogP contribution in [0.15, 0.2) is 12.4 Å². The topological polar surface area (TPSA) is 64.3 Å². The van der Waals surface area contributed by atoms with E-state index in [1.54, 1.807) is 6.33 Å². The maximum absolute atomic E-state index is 5.84. The summed E-state index contributed by atoms with van der Waals surface area (Å²) in [5, 5.41) is 0. The molecule has 1 aliphatic heterocycles. The van der Waals surface area contributed by atoms with Gasteiger partial charge in [-0.25, -0.2) is 9.97 Å². The molecule has 0 spiro atoms. The molecule has 1 saturated heterocycles. The third-order valence-corrected chi connectivity index (χ3v) is 3.77. The van der Waals surface area contributed by atoms with Crippen LogP contribution in [0.5, 0.6) is 5.88 Å². The molecule has 2 rings (SSSR count). The van der Waals surface area contributed by atoms with Gasteiger partial charge in [-0.2, -0.15) is 0 Å². The van der Waals surface area contributed by atoms with Gasteiger partial charge < -0.3 is 15.4 Å². The van der Waals surface area contributed by atoms with Crippen molar-refractivity contribution in [2.24, 2.45) is 11.1 Å². The molecule has 0 saturated carbocycles. The molecule has 106 valence electrons. The Morgan fingerprint density at radius 3 is 2.63 bits per heavy atom. The largest absolute Gasteiger partial charge is 0.475 e. The Morgan fingerprint density at radius 2 is 2.05 bits per heavy atom. The molecule has 1 aromatic heterocycles. The molecule has 5 nitrogen and oxygen atoms in total. The Kier molecular flexibility index (Phi) is 4.24. The molecule has 0 aliphatic carbocycles. The van der Waals surface area contributed by atoms with E-state index in [0.717, 1.165) is 38.3 Å². The van der Waals surface area contributed by atoms with Crippen LogP contribution in [0.3, 0.4) is 0 Å². The summed E-state index contributed by atoms with van der Waals surface area (Å²) in [6.45, 7) is 8.99. The quantitative estimate of drug-likeness (QED) is 0.898. The number of ether oxygens (including phenoxy) is 1. The van der Waals surface area contributed by atoms with Crippen LogP contribution in [0.25, 0.3) is 0 Å². The van der Waals surface area contributed by atoms with E-state index in [0.29, 0.717) is 5.88 Å².